The summed E-state index contributed by atoms with van der Waals surface area (Å²) >= 11 is 0. The van der Waals surface area contributed by atoms with E-state index in [1.807, 2.05) is 37.3 Å². The Kier molecular flexibility index (Phi) is 1.88. The van der Waals surface area contributed by atoms with Crippen molar-refractivity contribution in [1.82, 2.24) is 5.32 Å². The Morgan fingerprint density at radius 3 is 2.43 bits per heavy atom. The Labute approximate surface area is 82.9 Å². The number of aliphatic imine (C=N–C) groups is 1. The van der Waals surface area contributed by atoms with Crippen molar-refractivity contribution in [2.45, 2.75) is 19.4 Å². The molecule has 1 aliphatic heterocycles. The molecule has 0 aliphatic carbocycles. The maximum atomic E-state index is 11.7. The number of nitrogens with zero attached hydrogens (tertiary/aromatic N) is 1. The molecule has 0 saturated heterocycles. The number of amidine groups is 1. The summed E-state index contributed by atoms with van der Waals surface area (Å²) in [6, 6.07) is 9.59. The van der Waals surface area contributed by atoms with E-state index in [4.69, 9.17) is 0 Å². The van der Waals surface area contributed by atoms with Gasteiger partial charge in [0.15, 0.2) is 5.54 Å². The van der Waals surface area contributed by atoms with Crippen LogP contribution in [0.15, 0.2) is 35.3 Å². The van der Waals surface area contributed by atoms with Crippen LogP contribution in [-0.4, -0.2) is 11.7 Å². The minimum Gasteiger partial charge on any atom is -0.312 e. The van der Waals surface area contributed by atoms with Gasteiger partial charge in [0.1, 0.15) is 5.84 Å². The number of benzene rings is 1. The highest BCUT2D eigenvalue weighted by atomic mass is 16.2. The number of rotatable bonds is 1. The molecule has 1 unspecified atom stereocenters. The molecule has 2 rings (SSSR count). The first kappa shape index (κ1) is 8.94. The van der Waals surface area contributed by atoms with Crippen LogP contribution in [0.5, 0.6) is 0 Å². The summed E-state index contributed by atoms with van der Waals surface area (Å²) in [5.74, 6) is 0.627. The van der Waals surface area contributed by atoms with Gasteiger partial charge in [-0.1, -0.05) is 30.3 Å². The van der Waals surface area contributed by atoms with E-state index in [9.17, 15) is 4.79 Å². The topological polar surface area (TPSA) is 41.5 Å². The molecule has 3 nitrogen and oxygen atoms in total. The largest absolute Gasteiger partial charge is 0.312 e. The van der Waals surface area contributed by atoms with Crippen LogP contribution >= 0.6 is 0 Å². The molecule has 0 aromatic heterocycles. The molecular formula is C11H12N2O. The third-order valence-corrected chi connectivity index (χ3v) is 2.46. The highest BCUT2D eigenvalue weighted by Crippen LogP contribution is 2.28. The van der Waals surface area contributed by atoms with Crippen LogP contribution in [0.1, 0.15) is 19.4 Å². The van der Waals surface area contributed by atoms with Crippen molar-refractivity contribution in [3.63, 3.8) is 0 Å². The Balaban J connectivity index is 2.48. The number of amides is 1. The minimum absolute atomic E-state index is 0.0544. The quantitative estimate of drug-likeness (QED) is 0.712. The third-order valence-electron chi connectivity index (χ3n) is 2.46. The second kappa shape index (κ2) is 2.94. The molecule has 3 heteroatoms. The first-order chi connectivity index (χ1) is 6.63. The van der Waals surface area contributed by atoms with Gasteiger partial charge in [0.25, 0.3) is 5.91 Å². The molecule has 1 heterocycles. The lowest BCUT2D eigenvalue weighted by Gasteiger charge is -2.17. The molecule has 0 fully saturated rings. The van der Waals surface area contributed by atoms with Crippen molar-refractivity contribution in [3.8, 4) is 0 Å². The van der Waals surface area contributed by atoms with Gasteiger partial charge >= 0.3 is 0 Å². The van der Waals surface area contributed by atoms with Gasteiger partial charge in [0.05, 0.1) is 0 Å². The first-order valence-electron chi connectivity index (χ1n) is 4.56. The van der Waals surface area contributed by atoms with E-state index in [1.54, 1.807) is 6.92 Å². The van der Waals surface area contributed by atoms with Crippen LogP contribution in [0.3, 0.4) is 0 Å². The Morgan fingerprint density at radius 1 is 1.29 bits per heavy atom. The van der Waals surface area contributed by atoms with Gasteiger partial charge in [-0.25, -0.2) is 0 Å². The maximum Gasteiger partial charge on any atom is 0.257 e. The van der Waals surface area contributed by atoms with E-state index in [0.717, 1.165) is 5.56 Å². The van der Waals surface area contributed by atoms with Crippen LogP contribution in [0, 0.1) is 0 Å². The van der Waals surface area contributed by atoms with Crippen molar-refractivity contribution >= 4 is 11.7 Å². The normalized spacial score (nSPS) is 25.9. The first-order valence-corrected chi connectivity index (χ1v) is 4.56. The summed E-state index contributed by atoms with van der Waals surface area (Å²) in [6.45, 7) is 3.63. The van der Waals surface area contributed by atoms with E-state index in [0.29, 0.717) is 5.84 Å². The molecular weight excluding hydrogens is 176 g/mol. The second-order valence-electron chi connectivity index (χ2n) is 3.59. The highest BCUT2D eigenvalue weighted by molar-refractivity contribution is 6.07. The zero-order valence-electron chi connectivity index (χ0n) is 8.24. The number of nitrogens with one attached hydrogen (secondary N) is 1. The van der Waals surface area contributed by atoms with Crippen molar-refractivity contribution in [2.75, 3.05) is 0 Å². The van der Waals surface area contributed by atoms with Gasteiger partial charge in [-0.05, 0) is 19.4 Å². The molecule has 14 heavy (non-hydrogen) atoms. The second-order valence-corrected chi connectivity index (χ2v) is 3.59. The zero-order chi connectivity index (χ0) is 10.2. The minimum atomic E-state index is -0.745. The van der Waals surface area contributed by atoms with Gasteiger partial charge < -0.3 is 5.32 Å². The SMILES string of the molecule is CC1=NC(C)(c2ccccc2)C(=O)N1. The fraction of sp³-hybridized carbons (Fsp3) is 0.273. The van der Waals surface area contributed by atoms with Gasteiger partial charge in [0.2, 0.25) is 0 Å². The van der Waals surface area contributed by atoms with E-state index >= 15 is 0 Å². The molecule has 0 radical (unpaired) electrons. The molecule has 0 spiro atoms. The van der Waals surface area contributed by atoms with Gasteiger partial charge in [-0.2, -0.15) is 0 Å². The van der Waals surface area contributed by atoms with Crippen LogP contribution in [0.25, 0.3) is 0 Å². The third kappa shape index (κ3) is 1.21. The molecule has 1 aromatic carbocycles. The van der Waals surface area contributed by atoms with E-state index in [2.05, 4.69) is 10.3 Å². The Bertz CT molecular complexity index is 397. The fourth-order valence-corrected chi connectivity index (χ4v) is 1.66. The van der Waals surface area contributed by atoms with Crippen molar-refractivity contribution < 1.29 is 4.79 Å². The number of hydrogen-bond donors (Lipinski definition) is 1. The lowest BCUT2D eigenvalue weighted by Crippen LogP contribution is -2.34. The number of carbonyl (C=O) groups is 1. The fourth-order valence-electron chi connectivity index (χ4n) is 1.66. The molecule has 1 atom stereocenters. The average Bonchev–Trinajstić information content (AvgIpc) is 2.43. The van der Waals surface area contributed by atoms with Crippen molar-refractivity contribution in [3.05, 3.63) is 35.9 Å². The Morgan fingerprint density at radius 2 is 1.93 bits per heavy atom. The zero-order valence-corrected chi connectivity index (χ0v) is 8.24. The smallest absolute Gasteiger partial charge is 0.257 e. The monoisotopic (exact) mass is 188 g/mol. The van der Waals surface area contributed by atoms with Crippen molar-refractivity contribution in [1.29, 1.82) is 0 Å². The summed E-state index contributed by atoms with van der Waals surface area (Å²) in [4.78, 5) is 16.0. The lowest BCUT2D eigenvalue weighted by molar-refractivity contribution is -0.123. The van der Waals surface area contributed by atoms with Gasteiger partial charge in [-0.3, -0.25) is 9.79 Å². The summed E-state index contributed by atoms with van der Waals surface area (Å²) < 4.78 is 0. The molecule has 72 valence electrons. The predicted octanol–water partition coefficient (Wildman–Crippen LogP) is 1.45. The van der Waals surface area contributed by atoms with Gasteiger partial charge in [-0.15, -0.1) is 0 Å². The molecule has 0 saturated carbocycles. The predicted molar refractivity (Wildman–Crippen MR) is 55.0 cm³/mol. The van der Waals surface area contributed by atoms with Crippen molar-refractivity contribution in [2.24, 2.45) is 4.99 Å². The number of carbonyl (C=O) groups excluding carboxylic acids is 1. The van der Waals surface area contributed by atoms with E-state index in [1.165, 1.54) is 0 Å². The summed E-state index contributed by atoms with van der Waals surface area (Å²) in [5.41, 5.74) is 0.181. The van der Waals surface area contributed by atoms with Crippen LogP contribution < -0.4 is 5.32 Å². The maximum absolute atomic E-state index is 11.7. The van der Waals surface area contributed by atoms with E-state index in [-0.39, 0.29) is 5.91 Å². The Hall–Kier alpha value is -1.64. The summed E-state index contributed by atoms with van der Waals surface area (Å²) in [6.07, 6.45) is 0. The average molecular weight is 188 g/mol. The molecule has 1 N–H and O–H groups in total. The van der Waals surface area contributed by atoms with Gasteiger partial charge in [0, 0.05) is 0 Å². The lowest BCUT2D eigenvalue weighted by atomic mass is 9.93. The summed E-state index contributed by atoms with van der Waals surface area (Å²) in [5, 5.41) is 2.72. The van der Waals surface area contributed by atoms with Crippen LogP contribution in [-0.2, 0) is 10.3 Å². The van der Waals surface area contributed by atoms with E-state index < -0.39 is 5.54 Å². The molecule has 1 aromatic rings. The molecule has 0 bridgehead atoms. The van der Waals surface area contributed by atoms with Crippen LogP contribution in [0.4, 0.5) is 0 Å². The summed E-state index contributed by atoms with van der Waals surface area (Å²) in [7, 11) is 0. The highest BCUT2D eigenvalue weighted by Gasteiger charge is 2.39. The number of hydrogen-bond acceptors (Lipinski definition) is 2. The molecule has 1 aliphatic rings. The molecule has 1 amide bonds. The standard InChI is InChI=1S/C11H12N2O/c1-8-12-10(14)11(2,13-8)9-6-4-3-5-7-9/h3-7H,1-2H3,(H,12,13,14). The van der Waals surface area contributed by atoms with Crippen LogP contribution in [0.2, 0.25) is 0 Å².